The largest absolute Gasteiger partial charge is 0.460 e. The Hall–Kier alpha value is -3.17. The van der Waals surface area contributed by atoms with Crippen LogP contribution in [0.5, 0.6) is 0 Å². The summed E-state index contributed by atoms with van der Waals surface area (Å²) in [4.78, 5) is 14.6. The molecule has 33 heavy (non-hydrogen) atoms. The zero-order chi connectivity index (χ0) is 23.5. The second-order valence-electron chi connectivity index (χ2n) is 7.71. The molecule has 7 nitrogen and oxygen atoms in total. The van der Waals surface area contributed by atoms with Gasteiger partial charge in [0.05, 0.1) is 12.6 Å². The average molecular weight is 469 g/mol. The van der Waals surface area contributed by atoms with E-state index in [1.165, 1.54) is 23.9 Å². The van der Waals surface area contributed by atoms with Crippen LogP contribution in [0, 0.1) is 5.82 Å². The summed E-state index contributed by atoms with van der Waals surface area (Å²) in [6.07, 6.45) is 0. The number of benzene rings is 2. The van der Waals surface area contributed by atoms with Crippen LogP contribution < -0.4 is 0 Å². The number of nitrogens with zero attached hydrogens (tertiary/aromatic N) is 4. The summed E-state index contributed by atoms with van der Waals surface area (Å²) in [5.41, 5.74) is 2.12. The fraction of sp³-hybridized carbons (Fsp3) is 0.292. The van der Waals surface area contributed by atoms with E-state index >= 15 is 0 Å². The zero-order valence-electron chi connectivity index (χ0n) is 18.9. The first-order valence-electron chi connectivity index (χ1n) is 10.6. The molecule has 2 heterocycles. The number of fused-ring (bicyclic) bond motifs is 1. The summed E-state index contributed by atoms with van der Waals surface area (Å²) in [6, 6.07) is 13.7. The third kappa shape index (κ3) is 4.65. The molecule has 4 rings (SSSR count). The van der Waals surface area contributed by atoms with E-state index in [9.17, 15) is 9.18 Å². The number of halogens is 1. The first-order valence-corrected chi connectivity index (χ1v) is 11.6. The van der Waals surface area contributed by atoms with Gasteiger partial charge in [-0.15, -0.1) is 10.2 Å². The molecule has 4 aromatic rings. The van der Waals surface area contributed by atoms with E-state index in [-0.39, 0.29) is 24.2 Å². The second-order valence-corrected chi connectivity index (χ2v) is 8.65. The lowest BCUT2D eigenvalue weighted by Crippen LogP contribution is -2.20. The van der Waals surface area contributed by atoms with Crippen LogP contribution in [0.3, 0.4) is 0 Å². The maximum atomic E-state index is 13.6. The number of aromatic nitrogens is 3. The first kappa shape index (κ1) is 23.0. The van der Waals surface area contributed by atoms with E-state index < -0.39 is 5.97 Å². The molecule has 9 heteroatoms. The van der Waals surface area contributed by atoms with Crippen molar-refractivity contribution in [3.05, 3.63) is 71.5 Å². The van der Waals surface area contributed by atoms with Crippen molar-refractivity contribution in [1.29, 1.82) is 0 Å². The SMILES string of the molecule is CCOC(=O)c1oc2ccccc2c1CSc1nnc([C@@H](C)N(C)C)n1-c1ccc(F)cc1. The van der Waals surface area contributed by atoms with Crippen molar-refractivity contribution in [1.82, 2.24) is 19.7 Å². The summed E-state index contributed by atoms with van der Waals surface area (Å²) in [5.74, 6) is 0.538. The van der Waals surface area contributed by atoms with Gasteiger partial charge in [0.1, 0.15) is 11.4 Å². The number of rotatable bonds is 8. The highest BCUT2D eigenvalue weighted by molar-refractivity contribution is 7.98. The lowest BCUT2D eigenvalue weighted by atomic mass is 10.1. The average Bonchev–Trinajstić information content (AvgIpc) is 3.39. The molecule has 0 unspecified atom stereocenters. The number of hydrogen-bond acceptors (Lipinski definition) is 7. The smallest absolute Gasteiger partial charge is 0.374 e. The Bertz CT molecular complexity index is 1270. The van der Waals surface area contributed by atoms with Gasteiger partial charge in [0.15, 0.2) is 11.0 Å². The van der Waals surface area contributed by atoms with Crippen molar-refractivity contribution >= 4 is 28.7 Å². The van der Waals surface area contributed by atoms with E-state index in [1.54, 1.807) is 19.1 Å². The molecule has 0 aliphatic carbocycles. The highest BCUT2D eigenvalue weighted by Crippen LogP contribution is 2.34. The van der Waals surface area contributed by atoms with Gasteiger partial charge in [-0.1, -0.05) is 30.0 Å². The molecule has 1 atom stereocenters. The Morgan fingerprint density at radius 1 is 1.18 bits per heavy atom. The molecule has 0 saturated heterocycles. The number of carbonyl (C=O) groups is 1. The zero-order valence-corrected chi connectivity index (χ0v) is 19.7. The van der Waals surface area contributed by atoms with Gasteiger partial charge < -0.3 is 9.15 Å². The molecule has 0 bridgehead atoms. The maximum Gasteiger partial charge on any atom is 0.374 e. The Morgan fingerprint density at radius 2 is 1.91 bits per heavy atom. The van der Waals surface area contributed by atoms with Crippen LogP contribution >= 0.6 is 11.8 Å². The summed E-state index contributed by atoms with van der Waals surface area (Å²) in [6.45, 7) is 4.04. The normalized spacial score (nSPS) is 12.4. The van der Waals surface area contributed by atoms with Crippen LogP contribution in [0.4, 0.5) is 4.39 Å². The molecule has 0 radical (unpaired) electrons. The van der Waals surface area contributed by atoms with Crippen molar-refractivity contribution in [2.45, 2.75) is 30.8 Å². The molecule has 2 aromatic heterocycles. The van der Waals surface area contributed by atoms with Crippen molar-refractivity contribution in [3.63, 3.8) is 0 Å². The number of ether oxygens (including phenoxy) is 1. The van der Waals surface area contributed by atoms with E-state index in [2.05, 4.69) is 10.2 Å². The Balaban J connectivity index is 1.74. The molecule has 0 spiro atoms. The maximum absolute atomic E-state index is 13.6. The topological polar surface area (TPSA) is 73.4 Å². The van der Waals surface area contributed by atoms with Crippen LogP contribution in [0.25, 0.3) is 16.7 Å². The number of furan rings is 1. The third-order valence-corrected chi connectivity index (χ3v) is 6.35. The Morgan fingerprint density at radius 3 is 2.61 bits per heavy atom. The molecule has 2 aromatic carbocycles. The van der Waals surface area contributed by atoms with Gasteiger partial charge in [-0.25, -0.2) is 9.18 Å². The molecule has 0 amide bonds. The van der Waals surface area contributed by atoms with Crippen LogP contribution in [0.2, 0.25) is 0 Å². The molecule has 0 fully saturated rings. The number of para-hydroxylation sites is 1. The van der Waals surface area contributed by atoms with Crippen molar-refractivity contribution in [2.24, 2.45) is 0 Å². The van der Waals surface area contributed by atoms with Crippen molar-refractivity contribution in [3.8, 4) is 5.69 Å². The van der Waals surface area contributed by atoms with Gasteiger partial charge in [-0.3, -0.25) is 9.47 Å². The second kappa shape index (κ2) is 9.76. The lowest BCUT2D eigenvalue weighted by Gasteiger charge is -2.20. The summed E-state index contributed by atoms with van der Waals surface area (Å²) >= 11 is 1.43. The van der Waals surface area contributed by atoms with Crippen LogP contribution in [-0.4, -0.2) is 46.3 Å². The molecule has 172 valence electrons. The van der Waals surface area contributed by atoms with Gasteiger partial charge in [-0.05, 0) is 58.3 Å². The predicted octanol–water partition coefficient (Wildman–Crippen LogP) is 5.24. The quantitative estimate of drug-likeness (QED) is 0.258. The highest BCUT2D eigenvalue weighted by Gasteiger charge is 2.25. The number of esters is 1. The number of carbonyl (C=O) groups excluding carboxylic acids is 1. The fourth-order valence-electron chi connectivity index (χ4n) is 3.45. The van der Waals surface area contributed by atoms with Crippen LogP contribution in [0.1, 0.15) is 41.8 Å². The summed E-state index contributed by atoms with van der Waals surface area (Å²) < 4.78 is 26.5. The van der Waals surface area contributed by atoms with Gasteiger partial charge in [0.25, 0.3) is 0 Å². The van der Waals surface area contributed by atoms with E-state index in [0.717, 1.165) is 22.5 Å². The van der Waals surface area contributed by atoms with Crippen LogP contribution in [-0.2, 0) is 10.5 Å². The number of thioether (sulfide) groups is 1. The van der Waals surface area contributed by atoms with Crippen molar-refractivity contribution in [2.75, 3.05) is 20.7 Å². The molecular weight excluding hydrogens is 443 g/mol. The molecule has 0 aliphatic heterocycles. The molecular formula is C24H25FN4O3S. The van der Waals surface area contributed by atoms with Gasteiger partial charge >= 0.3 is 5.97 Å². The lowest BCUT2D eigenvalue weighted by molar-refractivity contribution is 0.0491. The Kier molecular flexibility index (Phi) is 6.80. The molecule has 0 saturated carbocycles. The van der Waals surface area contributed by atoms with Crippen molar-refractivity contribution < 1.29 is 18.3 Å². The molecule has 0 aliphatic rings. The minimum Gasteiger partial charge on any atom is -0.460 e. The van der Waals surface area contributed by atoms with E-state index in [0.29, 0.717) is 16.5 Å². The molecule has 0 N–H and O–H groups in total. The Labute approximate surface area is 195 Å². The first-order chi connectivity index (χ1) is 15.9. The fourth-order valence-corrected chi connectivity index (χ4v) is 4.44. The minimum absolute atomic E-state index is 0.0262. The predicted molar refractivity (Wildman–Crippen MR) is 125 cm³/mol. The highest BCUT2D eigenvalue weighted by atomic mass is 32.2. The van der Waals surface area contributed by atoms with E-state index in [1.807, 2.05) is 54.8 Å². The third-order valence-electron chi connectivity index (χ3n) is 5.40. The van der Waals surface area contributed by atoms with Gasteiger partial charge in [0, 0.05) is 22.4 Å². The summed E-state index contributed by atoms with van der Waals surface area (Å²) in [7, 11) is 3.93. The standard InChI is InChI=1S/C24H25FN4O3S/c1-5-31-23(30)21-19(18-8-6-7-9-20(18)32-21)14-33-24-27-26-22(15(2)28(3)4)29(24)17-12-10-16(25)11-13-17/h6-13,15H,5,14H2,1-4H3/t15-/m1/s1. The number of hydrogen-bond donors (Lipinski definition) is 0. The van der Waals surface area contributed by atoms with Gasteiger partial charge in [-0.2, -0.15) is 0 Å². The monoisotopic (exact) mass is 468 g/mol. The van der Waals surface area contributed by atoms with Crippen LogP contribution in [0.15, 0.2) is 58.1 Å². The van der Waals surface area contributed by atoms with E-state index in [4.69, 9.17) is 9.15 Å². The van der Waals surface area contributed by atoms with Gasteiger partial charge in [0.2, 0.25) is 5.76 Å². The summed E-state index contributed by atoms with van der Waals surface area (Å²) in [5, 5.41) is 10.3. The minimum atomic E-state index is -0.494.